The van der Waals surface area contributed by atoms with Crippen LogP contribution in [0.15, 0.2) is 60.7 Å². The molecule has 2 nitrogen and oxygen atoms in total. The Hall–Kier alpha value is -1.80. The standard InChI is InChI=1S/C21H28N2/c1-21(2)17-20(22-19-11-7-4-8-12-19)14-16-23(21)15-13-18-9-5-3-6-10-18/h3-12,20,22H,13-17H2,1-2H3. The second kappa shape index (κ2) is 7.18. The summed E-state index contributed by atoms with van der Waals surface area (Å²) in [4.78, 5) is 2.66. The number of anilines is 1. The van der Waals surface area contributed by atoms with Crippen LogP contribution >= 0.6 is 0 Å². The Bertz CT molecular complexity index is 592. The number of rotatable bonds is 5. The van der Waals surface area contributed by atoms with Gasteiger partial charge in [0, 0.05) is 30.4 Å². The Balaban J connectivity index is 1.55. The van der Waals surface area contributed by atoms with Gasteiger partial charge in [0.25, 0.3) is 0 Å². The molecule has 23 heavy (non-hydrogen) atoms. The second-order valence-corrected chi connectivity index (χ2v) is 7.24. The lowest BCUT2D eigenvalue weighted by Crippen LogP contribution is -2.53. The molecule has 0 aliphatic carbocycles. The van der Waals surface area contributed by atoms with Crippen molar-refractivity contribution in [1.29, 1.82) is 0 Å². The first-order chi connectivity index (χ1) is 11.1. The highest BCUT2D eigenvalue weighted by Crippen LogP contribution is 2.29. The molecule has 1 unspecified atom stereocenters. The summed E-state index contributed by atoms with van der Waals surface area (Å²) in [6.07, 6.45) is 3.55. The molecule has 122 valence electrons. The number of likely N-dealkylation sites (tertiary alicyclic amines) is 1. The number of nitrogens with zero attached hydrogens (tertiary/aromatic N) is 1. The summed E-state index contributed by atoms with van der Waals surface area (Å²) in [6.45, 7) is 7.09. The number of nitrogens with one attached hydrogen (secondary N) is 1. The molecule has 1 atom stereocenters. The smallest absolute Gasteiger partial charge is 0.0342 e. The predicted octanol–water partition coefficient (Wildman–Crippen LogP) is 4.58. The normalized spacial score (nSPS) is 21.0. The summed E-state index contributed by atoms with van der Waals surface area (Å²) in [6, 6.07) is 22.0. The average molecular weight is 308 g/mol. The third-order valence-electron chi connectivity index (χ3n) is 5.01. The third kappa shape index (κ3) is 4.35. The van der Waals surface area contributed by atoms with E-state index < -0.39 is 0 Å². The maximum Gasteiger partial charge on any atom is 0.0342 e. The van der Waals surface area contributed by atoms with Gasteiger partial charge in [0.05, 0.1) is 0 Å². The van der Waals surface area contributed by atoms with Gasteiger partial charge in [-0.15, -0.1) is 0 Å². The summed E-state index contributed by atoms with van der Waals surface area (Å²) < 4.78 is 0. The van der Waals surface area contributed by atoms with E-state index in [1.807, 2.05) is 0 Å². The summed E-state index contributed by atoms with van der Waals surface area (Å²) in [5.74, 6) is 0. The number of hydrogen-bond donors (Lipinski definition) is 1. The fourth-order valence-electron chi connectivity index (χ4n) is 3.66. The maximum absolute atomic E-state index is 3.70. The SMILES string of the molecule is CC1(C)CC(Nc2ccccc2)CCN1CCc1ccccc1. The highest BCUT2D eigenvalue weighted by Gasteiger charge is 2.34. The zero-order valence-electron chi connectivity index (χ0n) is 14.3. The van der Waals surface area contributed by atoms with Gasteiger partial charge in [-0.1, -0.05) is 48.5 Å². The van der Waals surface area contributed by atoms with E-state index >= 15 is 0 Å². The molecule has 2 aromatic rings. The number of benzene rings is 2. The van der Waals surface area contributed by atoms with Gasteiger partial charge in [0.2, 0.25) is 0 Å². The second-order valence-electron chi connectivity index (χ2n) is 7.24. The first kappa shape index (κ1) is 16.1. The van der Waals surface area contributed by atoms with Crippen molar-refractivity contribution in [3.63, 3.8) is 0 Å². The van der Waals surface area contributed by atoms with E-state index in [1.165, 1.54) is 30.6 Å². The Labute approximate surface area is 140 Å². The van der Waals surface area contributed by atoms with E-state index in [-0.39, 0.29) is 5.54 Å². The van der Waals surface area contributed by atoms with Crippen LogP contribution in [0.1, 0.15) is 32.3 Å². The van der Waals surface area contributed by atoms with Crippen LogP contribution in [-0.2, 0) is 6.42 Å². The van der Waals surface area contributed by atoms with Crippen molar-refractivity contribution in [3.8, 4) is 0 Å². The quantitative estimate of drug-likeness (QED) is 0.869. The summed E-state index contributed by atoms with van der Waals surface area (Å²) in [5, 5.41) is 3.70. The molecule has 0 amide bonds. The van der Waals surface area contributed by atoms with E-state index in [4.69, 9.17) is 0 Å². The predicted molar refractivity (Wildman–Crippen MR) is 98.9 cm³/mol. The Morgan fingerprint density at radius 1 is 1.00 bits per heavy atom. The van der Waals surface area contributed by atoms with Crippen molar-refractivity contribution in [3.05, 3.63) is 66.2 Å². The molecule has 2 heteroatoms. The first-order valence-electron chi connectivity index (χ1n) is 8.74. The number of para-hydroxylation sites is 1. The average Bonchev–Trinajstić information content (AvgIpc) is 2.55. The number of hydrogen-bond acceptors (Lipinski definition) is 2. The van der Waals surface area contributed by atoms with Crippen LogP contribution in [0.2, 0.25) is 0 Å². The molecule has 0 radical (unpaired) electrons. The van der Waals surface area contributed by atoms with E-state index in [9.17, 15) is 0 Å². The van der Waals surface area contributed by atoms with Gasteiger partial charge in [-0.25, -0.2) is 0 Å². The van der Waals surface area contributed by atoms with Crippen LogP contribution in [-0.4, -0.2) is 29.6 Å². The zero-order valence-corrected chi connectivity index (χ0v) is 14.3. The van der Waals surface area contributed by atoms with Crippen molar-refractivity contribution >= 4 is 5.69 Å². The molecule has 0 aromatic heterocycles. The van der Waals surface area contributed by atoms with E-state index in [2.05, 4.69) is 84.7 Å². The molecule has 1 aliphatic rings. The molecule has 1 aliphatic heterocycles. The van der Waals surface area contributed by atoms with Crippen LogP contribution in [0.4, 0.5) is 5.69 Å². The van der Waals surface area contributed by atoms with Gasteiger partial charge >= 0.3 is 0 Å². The third-order valence-corrected chi connectivity index (χ3v) is 5.01. The van der Waals surface area contributed by atoms with Crippen molar-refractivity contribution in [2.45, 2.75) is 44.7 Å². The van der Waals surface area contributed by atoms with Gasteiger partial charge in [-0.05, 0) is 50.8 Å². The molecule has 2 aromatic carbocycles. The maximum atomic E-state index is 3.70. The van der Waals surface area contributed by atoms with Gasteiger partial charge in [0.1, 0.15) is 0 Å². The highest BCUT2D eigenvalue weighted by atomic mass is 15.2. The first-order valence-corrected chi connectivity index (χ1v) is 8.74. The Morgan fingerprint density at radius 3 is 2.30 bits per heavy atom. The summed E-state index contributed by atoms with van der Waals surface area (Å²) in [7, 11) is 0. The minimum absolute atomic E-state index is 0.249. The Morgan fingerprint density at radius 2 is 1.65 bits per heavy atom. The van der Waals surface area contributed by atoms with Crippen molar-refractivity contribution < 1.29 is 0 Å². The minimum Gasteiger partial charge on any atom is -0.382 e. The lowest BCUT2D eigenvalue weighted by atomic mass is 9.86. The lowest BCUT2D eigenvalue weighted by molar-refractivity contribution is 0.0720. The van der Waals surface area contributed by atoms with Crippen LogP contribution in [0.5, 0.6) is 0 Å². The summed E-state index contributed by atoms with van der Waals surface area (Å²) >= 11 is 0. The van der Waals surface area contributed by atoms with Crippen molar-refractivity contribution in [2.75, 3.05) is 18.4 Å². The van der Waals surface area contributed by atoms with Crippen LogP contribution in [0, 0.1) is 0 Å². The van der Waals surface area contributed by atoms with Crippen molar-refractivity contribution in [1.82, 2.24) is 4.90 Å². The van der Waals surface area contributed by atoms with Crippen LogP contribution in [0.3, 0.4) is 0 Å². The van der Waals surface area contributed by atoms with E-state index in [0.29, 0.717) is 6.04 Å². The molecule has 0 bridgehead atoms. The van der Waals surface area contributed by atoms with Gasteiger partial charge < -0.3 is 5.32 Å². The fourth-order valence-corrected chi connectivity index (χ4v) is 3.66. The van der Waals surface area contributed by atoms with Gasteiger partial charge in [0.15, 0.2) is 0 Å². The summed E-state index contributed by atoms with van der Waals surface area (Å²) in [5.41, 5.74) is 2.93. The monoisotopic (exact) mass is 308 g/mol. The van der Waals surface area contributed by atoms with Crippen LogP contribution in [0.25, 0.3) is 0 Å². The highest BCUT2D eigenvalue weighted by molar-refractivity contribution is 5.43. The molecular weight excluding hydrogens is 280 g/mol. The Kier molecular flexibility index (Phi) is 5.02. The number of piperidine rings is 1. The molecule has 1 fully saturated rings. The molecule has 1 heterocycles. The van der Waals surface area contributed by atoms with E-state index in [1.54, 1.807) is 0 Å². The van der Waals surface area contributed by atoms with Gasteiger partial charge in [-0.2, -0.15) is 0 Å². The molecular formula is C21H28N2. The zero-order chi connectivity index (χ0) is 16.1. The fraction of sp³-hybridized carbons (Fsp3) is 0.429. The van der Waals surface area contributed by atoms with Crippen LogP contribution < -0.4 is 5.32 Å². The topological polar surface area (TPSA) is 15.3 Å². The lowest BCUT2D eigenvalue weighted by Gasteiger charge is -2.46. The molecule has 0 saturated carbocycles. The molecule has 0 spiro atoms. The van der Waals surface area contributed by atoms with Crippen molar-refractivity contribution in [2.24, 2.45) is 0 Å². The molecule has 3 rings (SSSR count). The minimum atomic E-state index is 0.249. The molecule has 1 N–H and O–H groups in total. The van der Waals surface area contributed by atoms with E-state index in [0.717, 1.165) is 13.0 Å². The molecule has 1 saturated heterocycles. The largest absolute Gasteiger partial charge is 0.382 e. The van der Waals surface area contributed by atoms with Gasteiger partial charge in [-0.3, -0.25) is 4.90 Å².